The molecule has 0 saturated heterocycles. The van der Waals surface area contributed by atoms with Gasteiger partial charge < -0.3 is 10.4 Å². The van der Waals surface area contributed by atoms with Gasteiger partial charge in [-0.05, 0) is 35.9 Å². The highest BCUT2D eigenvalue weighted by atomic mass is 35.5. The number of aliphatic carboxylic acids is 1. The van der Waals surface area contributed by atoms with Gasteiger partial charge in [0.25, 0.3) is 0 Å². The predicted molar refractivity (Wildman–Crippen MR) is 96.4 cm³/mol. The molecule has 0 bridgehead atoms. The Morgan fingerprint density at radius 3 is 2.59 bits per heavy atom. The Morgan fingerprint density at radius 2 is 1.96 bits per heavy atom. The van der Waals surface area contributed by atoms with E-state index in [2.05, 4.69) is 15.4 Å². The number of carbonyl (C=O) groups is 2. The van der Waals surface area contributed by atoms with E-state index in [-0.39, 0.29) is 6.42 Å². The van der Waals surface area contributed by atoms with Gasteiger partial charge in [0.05, 0.1) is 17.3 Å². The first kappa shape index (κ1) is 18.5. The number of carboxylic acids is 1. The Kier molecular flexibility index (Phi) is 5.46. The number of rotatable bonds is 6. The fourth-order valence-electron chi connectivity index (χ4n) is 2.57. The molecular formula is C18H14ClFN4O3. The van der Waals surface area contributed by atoms with Gasteiger partial charge in [-0.15, -0.1) is 0 Å². The Hall–Kier alpha value is -3.26. The molecule has 0 spiro atoms. The van der Waals surface area contributed by atoms with Crippen molar-refractivity contribution in [1.82, 2.24) is 14.8 Å². The number of nitrogens with one attached hydrogen (secondary N) is 1. The molecule has 1 unspecified atom stereocenters. The predicted octanol–water partition coefficient (Wildman–Crippen LogP) is 3.26. The lowest BCUT2D eigenvalue weighted by Gasteiger charge is -2.15. The van der Waals surface area contributed by atoms with Crippen LogP contribution in [0, 0.1) is 5.82 Å². The van der Waals surface area contributed by atoms with E-state index in [9.17, 15) is 19.1 Å². The average Bonchev–Trinajstić information content (AvgIpc) is 3.15. The third-order valence-corrected chi connectivity index (χ3v) is 4.09. The Labute approximate surface area is 158 Å². The largest absolute Gasteiger partial charge is 0.481 e. The maximum absolute atomic E-state index is 13.1. The molecular weight excluding hydrogens is 375 g/mol. The van der Waals surface area contributed by atoms with Crippen LogP contribution in [0.1, 0.15) is 17.9 Å². The third-order valence-electron chi connectivity index (χ3n) is 3.86. The van der Waals surface area contributed by atoms with Crippen LogP contribution in [0.5, 0.6) is 0 Å². The molecule has 0 aliphatic heterocycles. The number of amides is 1. The van der Waals surface area contributed by atoms with Crippen molar-refractivity contribution in [3.05, 3.63) is 71.5 Å². The van der Waals surface area contributed by atoms with Crippen LogP contribution in [-0.4, -0.2) is 31.7 Å². The highest BCUT2D eigenvalue weighted by Gasteiger charge is 2.24. The number of halogens is 2. The van der Waals surface area contributed by atoms with Gasteiger partial charge in [-0.2, -0.15) is 5.10 Å². The van der Waals surface area contributed by atoms with Crippen LogP contribution in [0.3, 0.4) is 0 Å². The molecule has 2 N–H and O–H groups in total. The molecule has 0 aliphatic carbocycles. The minimum atomic E-state index is -1.18. The zero-order valence-electron chi connectivity index (χ0n) is 13.8. The van der Waals surface area contributed by atoms with Crippen molar-refractivity contribution >= 4 is 29.2 Å². The quantitative estimate of drug-likeness (QED) is 0.675. The van der Waals surface area contributed by atoms with Crippen LogP contribution in [0.15, 0.2) is 55.1 Å². The minimum absolute atomic E-state index is 0.329. The van der Waals surface area contributed by atoms with Crippen LogP contribution in [-0.2, 0) is 9.59 Å². The Morgan fingerprint density at radius 1 is 1.22 bits per heavy atom. The summed E-state index contributed by atoms with van der Waals surface area (Å²) in [5.41, 5.74) is 1.22. The van der Waals surface area contributed by atoms with E-state index in [1.807, 2.05) is 0 Å². The maximum Gasteiger partial charge on any atom is 0.311 e. The Balaban J connectivity index is 1.81. The summed E-state index contributed by atoms with van der Waals surface area (Å²) in [6, 6.07) is 9.83. The smallest absolute Gasteiger partial charge is 0.311 e. The topological polar surface area (TPSA) is 97.1 Å². The van der Waals surface area contributed by atoms with E-state index in [0.717, 1.165) is 12.1 Å². The van der Waals surface area contributed by atoms with E-state index in [1.54, 1.807) is 12.1 Å². The first-order valence-corrected chi connectivity index (χ1v) is 8.24. The standard InChI is InChI=1S/C18H14ClFN4O3/c19-12-3-6-16(24-10-21-9-22-24)15(7-12)23-17(25)8-14(18(26)27)11-1-4-13(20)5-2-11/h1-7,9-10,14H,8H2,(H,23,25)(H,26,27). The van der Waals surface area contributed by atoms with Gasteiger partial charge >= 0.3 is 5.97 Å². The van der Waals surface area contributed by atoms with E-state index >= 15 is 0 Å². The number of hydrogen-bond acceptors (Lipinski definition) is 4. The normalized spacial score (nSPS) is 11.8. The van der Waals surface area contributed by atoms with E-state index in [4.69, 9.17) is 11.6 Å². The molecule has 1 atom stereocenters. The minimum Gasteiger partial charge on any atom is -0.481 e. The monoisotopic (exact) mass is 388 g/mol. The summed E-state index contributed by atoms with van der Waals surface area (Å²) in [7, 11) is 0. The fraction of sp³-hybridized carbons (Fsp3) is 0.111. The van der Waals surface area contributed by atoms with E-state index in [1.165, 1.54) is 35.5 Å². The second-order valence-corrected chi connectivity index (χ2v) is 6.13. The molecule has 7 nitrogen and oxygen atoms in total. The van der Waals surface area contributed by atoms with Gasteiger partial charge in [-0.25, -0.2) is 14.1 Å². The van der Waals surface area contributed by atoms with Crippen molar-refractivity contribution in [3.63, 3.8) is 0 Å². The lowest BCUT2D eigenvalue weighted by molar-refractivity contribution is -0.140. The van der Waals surface area contributed by atoms with Crippen molar-refractivity contribution in [2.75, 3.05) is 5.32 Å². The van der Waals surface area contributed by atoms with Gasteiger partial charge in [0.2, 0.25) is 5.91 Å². The van der Waals surface area contributed by atoms with Crippen molar-refractivity contribution in [2.45, 2.75) is 12.3 Å². The number of benzene rings is 2. The van der Waals surface area contributed by atoms with Gasteiger partial charge in [-0.3, -0.25) is 9.59 Å². The zero-order valence-corrected chi connectivity index (χ0v) is 14.6. The number of carbonyl (C=O) groups excluding carboxylic acids is 1. The third kappa shape index (κ3) is 4.48. The molecule has 0 radical (unpaired) electrons. The highest BCUT2D eigenvalue weighted by Crippen LogP contribution is 2.26. The fourth-order valence-corrected chi connectivity index (χ4v) is 2.74. The summed E-state index contributed by atoms with van der Waals surface area (Å²) >= 11 is 6.00. The number of nitrogens with zero attached hydrogens (tertiary/aromatic N) is 3. The first-order chi connectivity index (χ1) is 12.9. The second-order valence-electron chi connectivity index (χ2n) is 5.70. The zero-order chi connectivity index (χ0) is 19.4. The van der Waals surface area contributed by atoms with Gasteiger partial charge in [0.1, 0.15) is 18.5 Å². The van der Waals surface area contributed by atoms with Crippen molar-refractivity contribution in [2.24, 2.45) is 0 Å². The van der Waals surface area contributed by atoms with Crippen LogP contribution in [0.2, 0.25) is 5.02 Å². The molecule has 27 heavy (non-hydrogen) atoms. The number of aromatic nitrogens is 3. The SMILES string of the molecule is O=C(CC(C(=O)O)c1ccc(F)cc1)Nc1cc(Cl)ccc1-n1cncn1. The highest BCUT2D eigenvalue weighted by molar-refractivity contribution is 6.31. The molecule has 0 aliphatic rings. The molecule has 1 heterocycles. The summed E-state index contributed by atoms with van der Waals surface area (Å²) in [5, 5.41) is 16.5. The van der Waals surface area contributed by atoms with Crippen LogP contribution >= 0.6 is 11.6 Å². The van der Waals surface area contributed by atoms with Crippen molar-refractivity contribution in [1.29, 1.82) is 0 Å². The molecule has 1 amide bonds. The van der Waals surface area contributed by atoms with Crippen LogP contribution in [0.4, 0.5) is 10.1 Å². The molecule has 0 fully saturated rings. The number of hydrogen-bond donors (Lipinski definition) is 2. The average molecular weight is 389 g/mol. The molecule has 3 aromatic rings. The molecule has 0 saturated carbocycles. The van der Waals surface area contributed by atoms with Crippen LogP contribution in [0.25, 0.3) is 5.69 Å². The summed E-state index contributed by atoms with van der Waals surface area (Å²) in [5.74, 6) is -3.31. The lowest BCUT2D eigenvalue weighted by atomic mass is 9.95. The Bertz CT molecular complexity index is 961. The van der Waals surface area contributed by atoms with E-state index < -0.39 is 23.6 Å². The number of carboxylic acid groups (broad SMARTS) is 1. The number of anilines is 1. The van der Waals surface area contributed by atoms with Crippen molar-refractivity contribution in [3.8, 4) is 5.69 Å². The van der Waals surface area contributed by atoms with Crippen LogP contribution < -0.4 is 5.32 Å². The van der Waals surface area contributed by atoms with Crippen molar-refractivity contribution < 1.29 is 19.1 Å². The molecule has 2 aromatic carbocycles. The summed E-state index contributed by atoms with van der Waals surface area (Å²) in [6.45, 7) is 0. The molecule has 9 heteroatoms. The summed E-state index contributed by atoms with van der Waals surface area (Å²) in [6.07, 6.45) is 2.47. The maximum atomic E-state index is 13.1. The molecule has 3 rings (SSSR count). The van der Waals surface area contributed by atoms with E-state index in [0.29, 0.717) is 22.0 Å². The molecule has 1 aromatic heterocycles. The van der Waals surface area contributed by atoms with Gasteiger partial charge in [0, 0.05) is 11.4 Å². The first-order valence-electron chi connectivity index (χ1n) is 7.86. The second kappa shape index (κ2) is 7.96. The van der Waals surface area contributed by atoms with Gasteiger partial charge in [0.15, 0.2) is 0 Å². The lowest BCUT2D eigenvalue weighted by Crippen LogP contribution is -2.21. The summed E-state index contributed by atoms with van der Waals surface area (Å²) in [4.78, 5) is 27.9. The summed E-state index contributed by atoms with van der Waals surface area (Å²) < 4.78 is 14.5. The molecule has 138 valence electrons. The van der Waals surface area contributed by atoms with Gasteiger partial charge in [-0.1, -0.05) is 23.7 Å².